The van der Waals surface area contributed by atoms with Crippen molar-refractivity contribution in [2.75, 3.05) is 5.73 Å². The van der Waals surface area contributed by atoms with Crippen LogP contribution >= 0.6 is 11.6 Å². The van der Waals surface area contributed by atoms with Crippen LogP contribution in [0.15, 0.2) is 6.07 Å². The van der Waals surface area contributed by atoms with Crippen molar-refractivity contribution in [1.82, 2.24) is 10.2 Å². The summed E-state index contributed by atoms with van der Waals surface area (Å²) in [4.78, 5) is 0. The number of nitrogens with zero attached hydrogens (tertiary/aromatic N) is 2. The molecule has 0 aliphatic rings. The van der Waals surface area contributed by atoms with Crippen LogP contribution in [-0.4, -0.2) is 16.0 Å². The van der Waals surface area contributed by atoms with Gasteiger partial charge in [-0.3, -0.25) is 5.41 Å². The SMILES string of the molecule is N=C(N)c1nnc(Cl)cc1N. The van der Waals surface area contributed by atoms with Crippen LogP contribution < -0.4 is 11.5 Å². The fourth-order valence-corrected chi connectivity index (χ4v) is 0.746. The molecule has 0 aromatic carbocycles. The van der Waals surface area contributed by atoms with E-state index in [0.29, 0.717) is 0 Å². The Balaban J connectivity index is 3.20. The Bertz CT molecular complexity index is 297. The Morgan fingerprint density at radius 3 is 2.64 bits per heavy atom. The number of nitrogens with one attached hydrogen (secondary N) is 1. The van der Waals surface area contributed by atoms with Crippen molar-refractivity contribution < 1.29 is 0 Å². The van der Waals surface area contributed by atoms with Crippen molar-refractivity contribution in [2.45, 2.75) is 0 Å². The third kappa shape index (κ3) is 1.56. The summed E-state index contributed by atoms with van der Waals surface area (Å²) < 4.78 is 0. The van der Waals surface area contributed by atoms with E-state index in [0.717, 1.165) is 0 Å². The number of hydrogen-bond acceptors (Lipinski definition) is 4. The van der Waals surface area contributed by atoms with Crippen LogP contribution in [0.5, 0.6) is 0 Å². The predicted molar refractivity (Wildman–Crippen MR) is 42.5 cm³/mol. The predicted octanol–water partition coefficient (Wildman–Crippen LogP) is -0.00373. The molecule has 5 nitrogen and oxygen atoms in total. The molecule has 6 heteroatoms. The lowest BCUT2D eigenvalue weighted by molar-refractivity contribution is 1.02. The molecule has 0 aliphatic heterocycles. The lowest BCUT2D eigenvalue weighted by Gasteiger charge is -1.99. The molecule has 0 saturated carbocycles. The lowest BCUT2D eigenvalue weighted by atomic mass is 10.3. The average Bonchev–Trinajstić information content (AvgIpc) is 1.85. The number of nitrogens with two attached hydrogens (primary N) is 2. The fourth-order valence-electron chi connectivity index (χ4n) is 0.590. The Hall–Kier alpha value is -1.36. The second kappa shape index (κ2) is 2.71. The van der Waals surface area contributed by atoms with Gasteiger partial charge >= 0.3 is 0 Å². The molecule has 11 heavy (non-hydrogen) atoms. The maximum absolute atomic E-state index is 7.00. The maximum atomic E-state index is 7.00. The van der Waals surface area contributed by atoms with Crippen molar-refractivity contribution in [3.8, 4) is 0 Å². The zero-order chi connectivity index (χ0) is 8.43. The molecule has 0 aliphatic carbocycles. The minimum Gasteiger partial charge on any atom is -0.397 e. The van der Waals surface area contributed by atoms with E-state index in [1.807, 2.05) is 0 Å². The van der Waals surface area contributed by atoms with Gasteiger partial charge in [-0.1, -0.05) is 11.6 Å². The molecule has 0 saturated heterocycles. The molecular weight excluding hydrogens is 166 g/mol. The molecule has 1 rings (SSSR count). The molecule has 1 aromatic heterocycles. The third-order valence-electron chi connectivity index (χ3n) is 1.05. The highest BCUT2D eigenvalue weighted by Crippen LogP contribution is 2.10. The molecular formula is C5H6ClN5. The minimum atomic E-state index is -0.216. The number of amidine groups is 1. The third-order valence-corrected chi connectivity index (χ3v) is 1.23. The summed E-state index contributed by atoms with van der Waals surface area (Å²) >= 11 is 5.46. The highest BCUT2D eigenvalue weighted by molar-refractivity contribution is 6.29. The second-order valence-corrected chi connectivity index (χ2v) is 2.27. The van der Waals surface area contributed by atoms with Crippen LogP contribution in [-0.2, 0) is 0 Å². The van der Waals surface area contributed by atoms with Crippen molar-refractivity contribution in [1.29, 1.82) is 5.41 Å². The lowest BCUT2D eigenvalue weighted by Crippen LogP contribution is -2.16. The number of rotatable bonds is 1. The number of aromatic nitrogens is 2. The number of anilines is 1. The van der Waals surface area contributed by atoms with Gasteiger partial charge in [0.15, 0.2) is 10.8 Å². The summed E-state index contributed by atoms with van der Waals surface area (Å²) in [5, 5.41) is 14.2. The van der Waals surface area contributed by atoms with Crippen LogP contribution in [0.25, 0.3) is 0 Å². The van der Waals surface area contributed by atoms with E-state index in [-0.39, 0.29) is 22.4 Å². The molecule has 0 bridgehead atoms. The van der Waals surface area contributed by atoms with E-state index >= 15 is 0 Å². The van der Waals surface area contributed by atoms with Crippen molar-refractivity contribution in [3.63, 3.8) is 0 Å². The Labute approximate surface area is 67.9 Å². The van der Waals surface area contributed by atoms with Crippen LogP contribution in [0.4, 0.5) is 5.69 Å². The van der Waals surface area contributed by atoms with E-state index in [1.54, 1.807) is 0 Å². The maximum Gasteiger partial charge on any atom is 0.153 e. The Morgan fingerprint density at radius 1 is 1.55 bits per heavy atom. The largest absolute Gasteiger partial charge is 0.397 e. The van der Waals surface area contributed by atoms with Gasteiger partial charge in [0.2, 0.25) is 0 Å². The summed E-state index contributed by atoms with van der Waals surface area (Å²) in [5.74, 6) is -0.216. The first kappa shape index (κ1) is 7.74. The topological polar surface area (TPSA) is 102 Å². The molecule has 0 unspecified atom stereocenters. The van der Waals surface area contributed by atoms with E-state index < -0.39 is 0 Å². The van der Waals surface area contributed by atoms with Crippen LogP contribution in [0.1, 0.15) is 5.69 Å². The van der Waals surface area contributed by atoms with Crippen molar-refractivity contribution >= 4 is 23.1 Å². The van der Waals surface area contributed by atoms with Crippen molar-refractivity contribution in [3.05, 3.63) is 16.9 Å². The first-order valence-electron chi connectivity index (χ1n) is 2.74. The molecule has 0 fully saturated rings. The second-order valence-electron chi connectivity index (χ2n) is 1.88. The van der Waals surface area contributed by atoms with Crippen LogP contribution in [0.2, 0.25) is 5.15 Å². The zero-order valence-electron chi connectivity index (χ0n) is 5.50. The molecule has 1 heterocycles. The smallest absolute Gasteiger partial charge is 0.153 e. The van der Waals surface area contributed by atoms with Gasteiger partial charge in [0.05, 0.1) is 5.69 Å². The zero-order valence-corrected chi connectivity index (χ0v) is 6.26. The molecule has 1 aromatic rings. The molecule has 0 amide bonds. The van der Waals surface area contributed by atoms with Gasteiger partial charge in [-0.25, -0.2) is 0 Å². The number of hydrogen-bond donors (Lipinski definition) is 3. The molecule has 0 atom stereocenters. The normalized spacial score (nSPS) is 9.55. The Kier molecular flexibility index (Phi) is 1.91. The van der Waals surface area contributed by atoms with Gasteiger partial charge in [0.25, 0.3) is 0 Å². The quantitative estimate of drug-likeness (QED) is 0.409. The van der Waals surface area contributed by atoms with Gasteiger partial charge < -0.3 is 11.5 Å². The number of nitrogen functional groups attached to an aromatic ring is 2. The first-order chi connectivity index (χ1) is 5.11. The van der Waals surface area contributed by atoms with E-state index in [2.05, 4.69) is 10.2 Å². The summed E-state index contributed by atoms with van der Waals surface area (Å²) in [6.45, 7) is 0. The van der Waals surface area contributed by atoms with Gasteiger partial charge in [-0.2, -0.15) is 0 Å². The van der Waals surface area contributed by atoms with Gasteiger partial charge in [0, 0.05) is 6.07 Å². The summed E-state index contributed by atoms with van der Waals surface area (Å²) in [5.41, 5.74) is 11.0. The van der Waals surface area contributed by atoms with E-state index in [9.17, 15) is 0 Å². The molecule has 0 spiro atoms. The van der Waals surface area contributed by atoms with Gasteiger partial charge in [0.1, 0.15) is 5.84 Å². The summed E-state index contributed by atoms with van der Waals surface area (Å²) in [7, 11) is 0. The number of halogens is 1. The van der Waals surface area contributed by atoms with Gasteiger partial charge in [-0.05, 0) is 0 Å². The molecule has 0 radical (unpaired) electrons. The summed E-state index contributed by atoms with van der Waals surface area (Å²) in [6, 6.07) is 1.39. The Morgan fingerprint density at radius 2 is 2.18 bits per heavy atom. The van der Waals surface area contributed by atoms with E-state index in [4.69, 9.17) is 28.5 Å². The van der Waals surface area contributed by atoms with Crippen molar-refractivity contribution in [2.24, 2.45) is 5.73 Å². The fraction of sp³-hybridized carbons (Fsp3) is 0. The van der Waals surface area contributed by atoms with Crippen LogP contribution in [0.3, 0.4) is 0 Å². The highest BCUT2D eigenvalue weighted by atomic mass is 35.5. The standard InChI is InChI=1S/C5H6ClN5/c6-3-1-2(7)4(5(8)9)11-10-3/h1H,(H2,7,10)(H3,8,9). The monoisotopic (exact) mass is 171 g/mol. The van der Waals surface area contributed by atoms with Gasteiger partial charge in [-0.15, -0.1) is 10.2 Å². The minimum absolute atomic E-state index is 0.161. The molecule has 58 valence electrons. The molecule has 5 N–H and O–H groups in total. The summed E-state index contributed by atoms with van der Waals surface area (Å²) in [6.07, 6.45) is 0. The van der Waals surface area contributed by atoms with Crippen LogP contribution in [0, 0.1) is 5.41 Å². The average molecular weight is 172 g/mol. The first-order valence-corrected chi connectivity index (χ1v) is 3.12. The van der Waals surface area contributed by atoms with E-state index in [1.165, 1.54) is 6.07 Å². The highest BCUT2D eigenvalue weighted by Gasteiger charge is 2.04.